The summed E-state index contributed by atoms with van der Waals surface area (Å²) in [5, 5.41) is 12.3. The molecule has 3 rings (SSSR count). The molecule has 0 spiro atoms. The second-order valence-corrected chi connectivity index (χ2v) is 6.34. The summed E-state index contributed by atoms with van der Waals surface area (Å²) < 4.78 is 32.4. The molecule has 27 heavy (non-hydrogen) atoms. The largest absolute Gasteiger partial charge is 0.491 e. The maximum absolute atomic E-state index is 13.4. The number of rotatable bonds is 6. The number of benzene rings is 2. The Hall–Kier alpha value is -3.13. The zero-order valence-corrected chi connectivity index (χ0v) is 15.1. The third kappa shape index (κ3) is 4.73. The van der Waals surface area contributed by atoms with Crippen LogP contribution >= 0.6 is 0 Å². The molecule has 0 radical (unpaired) electrons. The lowest BCUT2D eigenvalue weighted by Gasteiger charge is -2.21. The third-order valence-electron chi connectivity index (χ3n) is 4.47. The number of nitriles is 1. The van der Waals surface area contributed by atoms with Gasteiger partial charge in [0.05, 0.1) is 17.3 Å². The number of nitrogens with one attached hydrogen (secondary N) is 1. The van der Waals surface area contributed by atoms with Crippen molar-refractivity contribution in [3.05, 3.63) is 88.3 Å². The van der Waals surface area contributed by atoms with Crippen molar-refractivity contribution in [2.75, 3.05) is 5.32 Å². The van der Waals surface area contributed by atoms with Crippen molar-refractivity contribution in [2.45, 2.75) is 32.8 Å². The molecule has 0 bridgehead atoms. The Morgan fingerprint density at radius 2 is 1.85 bits per heavy atom. The van der Waals surface area contributed by atoms with E-state index in [1.54, 1.807) is 12.1 Å². The summed E-state index contributed by atoms with van der Waals surface area (Å²) in [6, 6.07) is 13.0. The van der Waals surface area contributed by atoms with Gasteiger partial charge in [0.1, 0.15) is 12.4 Å². The molecule has 0 saturated heterocycles. The molecule has 0 aliphatic heterocycles. The van der Waals surface area contributed by atoms with E-state index in [1.807, 2.05) is 12.1 Å². The zero-order chi connectivity index (χ0) is 19.2. The van der Waals surface area contributed by atoms with Crippen molar-refractivity contribution in [1.29, 1.82) is 5.26 Å². The molecule has 0 saturated carbocycles. The van der Waals surface area contributed by atoms with Gasteiger partial charge in [-0.2, -0.15) is 5.26 Å². The molecule has 0 fully saturated rings. The first-order valence-corrected chi connectivity index (χ1v) is 8.85. The zero-order valence-electron chi connectivity index (χ0n) is 15.1. The first-order valence-electron chi connectivity index (χ1n) is 8.85. The molecule has 0 heterocycles. The Balaban J connectivity index is 1.79. The Morgan fingerprint density at radius 1 is 1.07 bits per heavy atom. The summed E-state index contributed by atoms with van der Waals surface area (Å²) >= 11 is 0. The Kier molecular flexibility index (Phi) is 5.87. The highest BCUT2D eigenvalue weighted by atomic mass is 19.2. The Morgan fingerprint density at radius 3 is 2.52 bits per heavy atom. The van der Waals surface area contributed by atoms with Gasteiger partial charge in [-0.05, 0) is 60.9 Å². The quantitative estimate of drug-likeness (QED) is 0.702. The normalized spacial score (nSPS) is 13.8. The highest BCUT2D eigenvalue weighted by Gasteiger charge is 2.15. The minimum absolute atomic E-state index is 0.167. The molecule has 138 valence electrons. The van der Waals surface area contributed by atoms with Crippen LogP contribution in [-0.4, -0.2) is 0 Å². The Labute approximate surface area is 157 Å². The smallest absolute Gasteiger partial charge is 0.159 e. The molecular weight excluding hydrogens is 346 g/mol. The van der Waals surface area contributed by atoms with Crippen LogP contribution < -0.4 is 5.32 Å². The van der Waals surface area contributed by atoms with Gasteiger partial charge in [-0.3, -0.25) is 0 Å². The first-order chi connectivity index (χ1) is 13.1. The number of hydrogen-bond donors (Lipinski definition) is 1. The predicted molar refractivity (Wildman–Crippen MR) is 101 cm³/mol. The lowest BCUT2D eigenvalue weighted by Crippen LogP contribution is -2.10. The summed E-state index contributed by atoms with van der Waals surface area (Å²) in [5.74, 6) is -0.964. The van der Waals surface area contributed by atoms with Gasteiger partial charge in [0.25, 0.3) is 0 Å². The number of nitrogens with zero attached hydrogens (tertiary/aromatic N) is 1. The van der Waals surface area contributed by atoms with E-state index in [1.165, 1.54) is 11.6 Å². The minimum atomic E-state index is -0.877. The molecule has 2 aromatic carbocycles. The number of halogens is 2. The summed E-state index contributed by atoms with van der Waals surface area (Å²) in [4.78, 5) is 0. The van der Waals surface area contributed by atoms with E-state index in [-0.39, 0.29) is 6.61 Å². The molecule has 1 aliphatic carbocycles. The van der Waals surface area contributed by atoms with E-state index < -0.39 is 11.6 Å². The monoisotopic (exact) mass is 366 g/mol. The van der Waals surface area contributed by atoms with Crippen LogP contribution in [0, 0.1) is 23.0 Å². The van der Waals surface area contributed by atoms with Crippen LogP contribution in [0.3, 0.4) is 0 Å². The second-order valence-electron chi connectivity index (χ2n) is 6.34. The van der Waals surface area contributed by atoms with Crippen molar-refractivity contribution in [1.82, 2.24) is 0 Å². The van der Waals surface area contributed by atoms with Gasteiger partial charge in [-0.1, -0.05) is 18.6 Å². The van der Waals surface area contributed by atoms with Crippen LogP contribution in [0.15, 0.2) is 65.6 Å². The van der Waals surface area contributed by atoms with Crippen molar-refractivity contribution in [3.63, 3.8) is 0 Å². The molecule has 3 nitrogen and oxygen atoms in total. The molecule has 1 aliphatic rings. The van der Waals surface area contributed by atoms with Crippen molar-refractivity contribution >= 4 is 5.69 Å². The summed E-state index contributed by atoms with van der Waals surface area (Å²) in [5.41, 5.74) is 4.19. The summed E-state index contributed by atoms with van der Waals surface area (Å²) in [7, 11) is 0. The van der Waals surface area contributed by atoms with E-state index in [4.69, 9.17) is 10.00 Å². The maximum Gasteiger partial charge on any atom is 0.159 e. The summed E-state index contributed by atoms with van der Waals surface area (Å²) in [6.07, 6.45) is 4.67. The molecular formula is C22H20F2N2O. The van der Waals surface area contributed by atoms with Gasteiger partial charge in [0.2, 0.25) is 0 Å². The summed E-state index contributed by atoms with van der Waals surface area (Å²) in [6.45, 7) is 2.28. The van der Waals surface area contributed by atoms with Gasteiger partial charge in [-0.15, -0.1) is 0 Å². The van der Waals surface area contributed by atoms with Crippen LogP contribution in [0.4, 0.5) is 14.5 Å². The Bertz CT molecular complexity index is 924. The van der Waals surface area contributed by atoms with Crippen molar-refractivity contribution < 1.29 is 13.5 Å². The lowest BCUT2D eigenvalue weighted by molar-refractivity contribution is 0.185. The number of anilines is 1. The third-order valence-corrected chi connectivity index (χ3v) is 4.47. The topological polar surface area (TPSA) is 45.0 Å². The fourth-order valence-corrected chi connectivity index (χ4v) is 2.88. The maximum atomic E-state index is 13.4. The second kappa shape index (κ2) is 8.50. The van der Waals surface area contributed by atoms with Crippen molar-refractivity contribution in [2.24, 2.45) is 0 Å². The van der Waals surface area contributed by atoms with Gasteiger partial charge in [0, 0.05) is 12.1 Å². The van der Waals surface area contributed by atoms with Gasteiger partial charge in [-0.25, -0.2) is 8.78 Å². The van der Waals surface area contributed by atoms with Gasteiger partial charge >= 0.3 is 0 Å². The lowest BCUT2D eigenvalue weighted by atomic mass is 9.99. The number of ether oxygens (including phenoxy) is 1. The standard InChI is InChI=1S/C22H20F2N2O/c1-2-15-6-10-22(27-14-17-5-9-19(23)20(24)11-17)21(12-15)26-18-7-3-16(13-25)4-8-18/h3-5,7-9,11-12,26H,2,6,10,14H2,1H3. The van der Waals surface area contributed by atoms with E-state index in [9.17, 15) is 8.78 Å². The highest BCUT2D eigenvalue weighted by molar-refractivity contribution is 5.54. The van der Waals surface area contributed by atoms with Crippen molar-refractivity contribution in [3.8, 4) is 6.07 Å². The molecule has 5 heteroatoms. The van der Waals surface area contributed by atoms with E-state index in [0.29, 0.717) is 11.1 Å². The van der Waals surface area contributed by atoms with Crippen LogP contribution in [0.2, 0.25) is 0 Å². The molecule has 2 aromatic rings. The van der Waals surface area contributed by atoms with Crippen LogP contribution in [-0.2, 0) is 11.3 Å². The highest BCUT2D eigenvalue weighted by Crippen LogP contribution is 2.28. The predicted octanol–water partition coefficient (Wildman–Crippen LogP) is 5.81. The molecule has 0 unspecified atom stereocenters. The SMILES string of the molecule is CCC1=CC(Nc2ccc(C#N)cc2)=C(OCc2ccc(F)c(F)c2)CC1. The van der Waals surface area contributed by atoms with Crippen LogP contribution in [0.1, 0.15) is 37.3 Å². The minimum Gasteiger partial charge on any atom is -0.491 e. The van der Waals surface area contributed by atoms with Crippen LogP contribution in [0.25, 0.3) is 0 Å². The fraction of sp³-hybridized carbons (Fsp3) is 0.227. The van der Waals surface area contributed by atoms with E-state index >= 15 is 0 Å². The number of allylic oxidation sites excluding steroid dienone is 3. The molecule has 1 N–H and O–H groups in total. The average molecular weight is 366 g/mol. The van der Waals surface area contributed by atoms with E-state index in [0.717, 1.165) is 48.5 Å². The van der Waals surface area contributed by atoms with Gasteiger partial charge in [0.15, 0.2) is 11.6 Å². The molecule has 0 amide bonds. The van der Waals surface area contributed by atoms with Gasteiger partial charge < -0.3 is 10.1 Å². The first kappa shape index (κ1) is 18.7. The molecule has 0 atom stereocenters. The van der Waals surface area contributed by atoms with E-state index in [2.05, 4.69) is 24.4 Å². The molecule has 0 aromatic heterocycles. The van der Waals surface area contributed by atoms with Crippen LogP contribution in [0.5, 0.6) is 0 Å². The number of hydrogen-bond acceptors (Lipinski definition) is 3. The fourth-order valence-electron chi connectivity index (χ4n) is 2.88. The average Bonchev–Trinajstić information content (AvgIpc) is 2.70.